The molecular weight excluding hydrogens is 450 g/mol. The highest BCUT2D eigenvalue weighted by Gasteiger charge is 2.30. The fourth-order valence-corrected chi connectivity index (χ4v) is 5.32. The number of pyridine rings is 1. The second kappa shape index (κ2) is 9.57. The third-order valence-corrected chi connectivity index (χ3v) is 7.37. The van der Waals surface area contributed by atoms with E-state index in [1.165, 1.54) is 16.7 Å². The second-order valence-electron chi connectivity index (χ2n) is 9.72. The standard InChI is InChI=1S/C29H29N5O2/c1-19-8-10-21(11-9-19)26-32-29(36-33-26)24-7-4-16-30-27(24)34-17-14-22(15-18-34)28(35)31-25-13-12-20-5-2-3-6-23(20)25/h2-11,16,22,25H,12-15,17-18H2,1H3,(H,31,35). The van der Waals surface area contributed by atoms with E-state index in [2.05, 4.69) is 49.6 Å². The van der Waals surface area contributed by atoms with Crippen molar-refractivity contribution in [1.29, 1.82) is 0 Å². The Kier molecular flexibility index (Phi) is 5.97. The molecule has 0 radical (unpaired) electrons. The molecule has 1 aliphatic heterocycles. The second-order valence-corrected chi connectivity index (χ2v) is 9.72. The Labute approximate surface area is 210 Å². The molecule has 2 aliphatic rings. The maximum Gasteiger partial charge on any atom is 0.261 e. The van der Waals surface area contributed by atoms with Gasteiger partial charge in [-0.15, -0.1) is 0 Å². The number of hydrogen-bond donors (Lipinski definition) is 1. The summed E-state index contributed by atoms with van der Waals surface area (Å²) in [6.07, 6.45) is 5.37. The Balaban J connectivity index is 1.13. The average Bonchev–Trinajstić information content (AvgIpc) is 3.57. The highest BCUT2D eigenvalue weighted by atomic mass is 16.5. The van der Waals surface area contributed by atoms with Crippen molar-refractivity contribution in [3.8, 4) is 22.8 Å². The van der Waals surface area contributed by atoms with Gasteiger partial charge in [-0.2, -0.15) is 4.98 Å². The largest absolute Gasteiger partial charge is 0.356 e. The van der Waals surface area contributed by atoms with E-state index >= 15 is 0 Å². The number of fused-ring (bicyclic) bond motifs is 1. The summed E-state index contributed by atoms with van der Waals surface area (Å²) < 4.78 is 5.64. The smallest absolute Gasteiger partial charge is 0.261 e. The molecule has 1 aliphatic carbocycles. The SMILES string of the molecule is Cc1ccc(-c2noc(-c3cccnc3N3CCC(C(=O)NC4CCc5ccccc54)CC3)n2)cc1. The number of anilines is 1. The van der Waals surface area contributed by atoms with E-state index in [1.54, 1.807) is 6.20 Å². The van der Waals surface area contributed by atoms with Crippen molar-refractivity contribution in [3.05, 3.63) is 83.6 Å². The molecule has 3 heterocycles. The lowest BCUT2D eigenvalue weighted by Gasteiger charge is -2.33. The number of carbonyl (C=O) groups excluding carboxylic acids is 1. The van der Waals surface area contributed by atoms with E-state index in [0.29, 0.717) is 11.7 Å². The van der Waals surface area contributed by atoms with Crippen LogP contribution in [0, 0.1) is 12.8 Å². The molecule has 1 N–H and O–H groups in total. The number of amides is 1. The quantitative estimate of drug-likeness (QED) is 0.427. The first kappa shape index (κ1) is 22.5. The summed E-state index contributed by atoms with van der Waals surface area (Å²) in [5, 5.41) is 7.51. The number of aromatic nitrogens is 3. The fraction of sp³-hybridized carbons (Fsp3) is 0.310. The van der Waals surface area contributed by atoms with Crippen LogP contribution in [0.5, 0.6) is 0 Å². The van der Waals surface area contributed by atoms with Gasteiger partial charge in [0.15, 0.2) is 0 Å². The number of piperidine rings is 1. The van der Waals surface area contributed by atoms with Crippen molar-refractivity contribution >= 4 is 11.7 Å². The maximum absolute atomic E-state index is 13.1. The molecule has 0 saturated carbocycles. The van der Waals surface area contributed by atoms with Crippen LogP contribution in [0.25, 0.3) is 22.8 Å². The van der Waals surface area contributed by atoms with Gasteiger partial charge in [-0.1, -0.05) is 59.3 Å². The third kappa shape index (κ3) is 4.37. The van der Waals surface area contributed by atoms with Gasteiger partial charge in [-0.3, -0.25) is 4.79 Å². The van der Waals surface area contributed by atoms with Crippen LogP contribution in [0.2, 0.25) is 0 Å². The minimum Gasteiger partial charge on any atom is -0.356 e. The summed E-state index contributed by atoms with van der Waals surface area (Å²) in [5.74, 6) is 2.01. The number of aryl methyl sites for hydroxylation is 2. The Morgan fingerprint density at radius 2 is 1.81 bits per heavy atom. The van der Waals surface area contributed by atoms with Crippen molar-refractivity contribution in [1.82, 2.24) is 20.4 Å². The molecule has 1 fully saturated rings. The van der Waals surface area contributed by atoms with E-state index in [9.17, 15) is 4.79 Å². The van der Waals surface area contributed by atoms with Crippen molar-refractivity contribution < 1.29 is 9.32 Å². The molecule has 0 spiro atoms. The first-order chi connectivity index (χ1) is 17.7. The van der Waals surface area contributed by atoms with Crippen molar-refractivity contribution in [2.45, 2.75) is 38.6 Å². The zero-order valence-electron chi connectivity index (χ0n) is 20.4. The molecule has 1 atom stereocenters. The van der Waals surface area contributed by atoms with Crippen LogP contribution in [0.15, 0.2) is 71.4 Å². The van der Waals surface area contributed by atoms with Crippen LogP contribution in [0.3, 0.4) is 0 Å². The Morgan fingerprint density at radius 1 is 1.00 bits per heavy atom. The minimum absolute atomic E-state index is 0.0118. The third-order valence-electron chi connectivity index (χ3n) is 7.37. The Morgan fingerprint density at radius 3 is 2.64 bits per heavy atom. The van der Waals surface area contributed by atoms with Gasteiger partial charge in [0.1, 0.15) is 5.82 Å². The fourth-order valence-electron chi connectivity index (χ4n) is 5.32. The number of nitrogens with one attached hydrogen (secondary N) is 1. The first-order valence-electron chi connectivity index (χ1n) is 12.6. The van der Waals surface area contributed by atoms with Crippen LogP contribution in [0.4, 0.5) is 5.82 Å². The number of nitrogens with zero attached hydrogens (tertiary/aromatic N) is 4. The lowest BCUT2D eigenvalue weighted by atomic mass is 9.95. The number of carbonyl (C=O) groups is 1. The lowest BCUT2D eigenvalue weighted by molar-refractivity contribution is -0.126. The summed E-state index contributed by atoms with van der Waals surface area (Å²) in [4.78, 5) is 24.6. The average molecular weight is 480 g/mol. The van der Waals surface area contributed by atoms with E-state index in [4.69, 9.17) is 4.52 Å². The summed E-state index contributed by atoms with van der Waals surface area (Å²) in [5.41, 5.74) is 5.53. The molecule has 0 bridgehead atoms. The summed E-state index contributed by atoms with van der Waals surface area (Å²) in [6, 6.07) is 20.5. The molecule has 6 rings (SSSR count). The van der Waals surface area contributed by atoms with Gasteiger partial charge >= 0.3 is 0 Å². The van der Waals surface area contributed by atoms with Crippen molar-refractivity contribution in [2.75, 3.05) is 18.0 Å². The minimum atomic E-state index is 0.0118. The van der Waals surface area contributed by atoms with E-state index in [-0.39, 0.29) is 17.9 Å². The van der Waals surface area contributed by atoms with Crippen LogP contribution in [-0.2, 0) is 11.2 Å². The maximum atomic E-state index is 13.1. The normalized spacial score (nSPS) is 17.7. The number of benzene rings is 2. The van der Waals surface area contributed by atoms with Gasteiger partial charge in [0.2, 0.25) is 11.7 Å². The zero-order chi connectivity index (χ0) is 24.5. The van der Waals surface area contributed by atoms with E-state index < -0.39 is 0 Å². The topological polar surface area (TPSA) is 84.2 Å². The molecule has 4 aromatic rings. The molecule has 1 amide bonds. The molecule has 7 nitrogen and oxygen atoms in total. The highest BCUT2D eigenvalue weighted by Crippen LogP contribution is 2.34. The van der Waals surface area contributed by atoms with Gasteiger partial charge in [0.05, 0.1) is 11.6 Å². The van der Waals surface area contributed by atoms with Gasteiger partial charge in [0.25, 0.3) is 5.89 Å². The van der Waals surface area contributed by atoms with E-state index in [0.717, 1.165) is 55.7 Å². The molecule has 1 unspecified atom stereocenters. The molecule has 36 heavy (non-hydrogen) atoms. The first-order valence-corrected chi connectivity index (χ1v) is 12.6. The Bertz CT molecular complexity index is 1370. The van der Waals surface area contributed by atoms with Crippen LogP contribution < -0.4 is 10.2 Å². The van der Waals surface area contributed by atoms with Gasteiger partial charge in [-0.05, 0) is 55.9 Å². The zero-order valence-corrected chi connectivity index (χ0v) is 20.4. The molecule has 182 valence electrons. The van der Waals surface area contributed by atoms with E-state index in [1.807, 2.05) is 43.3 Å². The molecule has 2 aromatic heterocycles. The molecule has 7 heteroatoms. The molecular formula is C29H29N5O2. The summed E-state index contributed by atoms with van der Waals surface area (Å²) in [6.45, 7) is 3.55. The van der Waals surface area contributed by atoms with Gasteiger partial charge in [-0.25, -0.2) is 4.98 Å². The van der Waals surface area contributed by atoms with Crippen LogP contribution in [-0.4, -0.2) is 34.1 Å². The number of hydrogen-bond acceptors (Lipinski definition) is 6. The van der Waals surface area contributed by atoms with Gasteiger partial charge < -0.3 is 14.7 Å². The lowest BCUT2D eigenvalue weighted by Crippen LogP contribution is -2.41. The predicted molar refractivity (Wildman–Crippen MR) is 138 cm³/mol. The highest BCUT2D eigenvalue weighted by molar-refractivity contribution is 5.80. The van der Waals surface area contributed by atoms with Crippen molar-refractivity contribution in [3.63, 3.8) is 0 Å². The van der Waals surface area contributed by atoms with Crippen molar-refractivity contribution in [2.24, 2.45) is 5.92 Å². The van der Waals surface area contributed by atoms with Crippen LogP contribution >= 0.6 is 0 Å². The van der Waals surface area contributed by atoms with Gasteiger partial charge in [0, 0.05) is 30.8 Å². The molecule has 1 saturated heterocycles. The summed E-state index contributed by atoms with van der Waals surface area (Å²) >= 11 is 0. The van der Waals surface area contributed by atoms with Crippen LogP contribution in [0.1, 0.15) is 42.0 Å². The monoisotopic (exact) mass is 479 g/mol. The molecule has 2 aromatic carbocycles. The summed E-state index contributed by atoms with van der Waals surface area (Å²) in [7, 11) is 0. The number of rotatable bonds is 5. The predicted octanol–water partition coefficient (Wildman–Crippen LogP) is 5.13. The Hall–Kier alpha value is -4.00.